The largest absolute Gasteiger partial charge is 0.294 e. The van der Waals surface area contributed by atoms with Crippen LogP contribution in [-0.4, -0.2) is 5.78 Å². The first kappa shape index (κ1) is 11.4. The maximum absolute atomic E-state index is 12.3. The summed E-state index contributed by atoms with van der Waals surface area (Å²) in [5.74, 6) is 1.12. The molecule has 1 aromatic carbocycles. The van der Waals surface area contributed by atoms with Crippen molar-refractivity contribution in [1.82, 2.24) is 0 Å². The second-order valence-electron chi connectivity index (χ2n) is 4.74. The number of fused-ring (bicyclic) bond motifs is 1. The number of Topliss-reactive ketones (excluding diaryl/α,β-unsaturated/α-hetero) is 1. The summed E-state index contributed by atoms with van der Waals surface area (Å²) >= 11 is 0. The number of benzene rings is 1. The van der Waals surface area contributed by atoms with E-state index in [1.54, 1.807) is 0 Å². The van der Waals surface area contributed by atoms with Gasteiger partial charge in [0.15, 0.2) is 5.78 Å². The van der Waals surface area contributed by atoms with Crippen molar-refractivity contribution in [1.29, 1.82) is 0 Å². The van der Waals surface area contributed by atoms with E-state index in [0.29, 0.717) is 11.7 Å². The Hall–Kier alpha value is -1.11. The molecule has 0 spiro atoms. The minimum Gasteiger partial charge on any atom is -0.294 e. The summed E-state index contributed by atoms with van der Waals surface area (Å²) in [4.78, 5) is 12.3. The van der Waals surface area contributed by atoms with Crippen molar-refractivity contribution in [3.63, 3.8) is 0 Å². The van der Waals surface area contributed by atoms with E-state index in [4.69, 9.17) is 0 Å². The van der Waals surface area contributed by atoms with Gasteiger partial charge in [0.25, 0.3) is 0 Å². The second-order valence-corrected chi connectivity index (χ2v) is 4.74. The summed E-state index contributed by atoms with van der Waals surface area (Å²) in [6.45, 7) is 4.37. The van der Waals surface area contributed by atoms with Crippen LogP contribution in [0.15, 0.2) is 24.3 Å². The van der Waals surface area contributed by atoms with Crippen LogP contribution in [0.4, 0.5) is 0 Å². The molecular formula is C15H20O. The van der Waals surface area contributed by atoms with E-state index in [0.717, 1.165) is 31.2 Å². The lowest BCUT2D eigenvalue weighted by Crippen LogP contribution is -2.13. The van der Waals surface area contributed by atoms with Crippen molar-refractivity contribution in [2.45, 2.75) is 45.4 Å². The van der Waals surface area contributed by atoms with E-state index in [1.807, 2.05) is 12.1 Å². The monoisotopic (exact) mass is 216 g/mol. The van der Waals surface area contributed by atoms with Crippen molar-refractivity contribution < 1.29 is 4.79 Å². The van der Waals surface area contributed by atoms with Crippen molar-refractivity contribution in [2.75, 3.05) is 0 Å². The summed E-state index contributed by atoms with van der Waals surface area (Å²) in [6, 6.07) is 8.18. The Balaban J connectivity index is 2.35. The lowest BCUT2D eigenvalue weighted by atomic mass is 9.85. The molecule has 1 heteroatoms. The zero-order valence-electron chi connectivity index (χ0n) is 10.2. The van der Waals surface area contributed by atoms with Gasteiger partial charge in [-0.2, -0.15) is 0 Å². The first-order chi connectivity index (χ1) is 7.79. The highest BCUT2D eigenvalue weighted by Crippen LogP contribution is 2.42. The van der Waals surface area contributed by atoms with E-state index in [9.17, 15) is 4.79 Å². The van der Waals surface area contributed by atoms with E-state index < -0.39 is 0 Å². The highest BCUT2D eigenvalue weighted by molar-refractivity contribution is 6.03. The molecule has 0 bridgehead atoms. The SMILES string of the molecule is CCCC1C(=O)c2ccccc2C1CCC. The third kappa shape index (κ3) is 1.79. The minimum atomic E-state index is 0.252. The van der Waals surface area contributed by atoms with Crippen LogP contribution in [0.1, 0.15) is 61.4 Å². The van der Waals surface area contributed by atoms with Crippen molar-refractivity contribution >= 4 is 5.78 Å². The molecule has 16 heavy (non-hydrogen) atoms. The van der Waals surface area contributed by atoms with Gasteiger partial charge in [0, 0.05) is 11.5 Å². The number of hydrogen-bond acceptors (Lipinski definition) is 1. The number of carbonyl (C=O) groups is 1. The topological polar surface area (TPSA) is 17.1 Å². The average Bonchev–Trinajstić information content (AvgIpc) is 2.57. The fraction of sp³-hybridized carbons (Fsp3) is 0.533. The molecule has 1 aromatic rings. The molecule has 2 rings (SSSR count). The van der Waals surface area contributed by atoms with Gasteiger partial charge in [0.05, 0.1) is 0 Å². The standard InChI is InChI=1S/C15H20O/c1-3-7-11-12-9-5-6-10-14(12)15(16)13(11)8-4-2/h5-6,9-11,13H,3-4,7-8H2,1-2H3. The van der Waals surface area contributed by atoms with Crippen LogP contribution in [0.3, 0.4) is 0 Å². The molecule has 0 heterocycles. The summed E-state index contributed by atoms with van der Waals surface area (Å²) in [5, 5.41) is 0. The van der Waals surface area contributed by atoms with Crippen LogP contribution in [-0.2, 0) is 0 Å². The van der Waals surface area contributed by atoms with E-state index in [2.05, 4.69) is 26.0 Å². The minimum absolute atomic E-state index is 0.252. The van der Waals surface area contributed by atoms with E-state index >= 15 is 0 Å². The number of carbonyl (C=O) groups excluding carboxylic acids is 1. The van der Waals surface area contributed by atoms with Crippen LogP contribution in [0.5, 0.6) is 0 Å². The van der Waals surface area contributed by atoms with E-state index in [-0.39, 0.29) is 5.92 Å². The number of hydrogen-bond donors (Lipinski definition) is 0. The van der Waals surface area contributed by atoms with E-state index in [1.165, 1.54) is 5.56 Å². The summed E-state index contributed by atoms with van der Waals surface area (Å²) in [6.07, 6.45) is 4.45. The molecule has 0 N–H and O–H groups in total. The van der Waals surface area contributed by atoms with Crippen LogP contribution >= 0.6 is 0 Å². The molecule has 0 aliphatic heterocycles. The Bertz CT molecular complexity index is 381. The molecule has 0 saturated heterocycles. The van der Waals surface area contributed by atoms with Crippen LogP contribution in [0, 0.1) is 5.92 Å². The number of ketones is 1. The van der Waals surface area contributed by atoms with Gasteiger partial charge in [0.1, 0.15) is 0 Å². The lowest BCUT2D eigenvalue weighted by Gasteiger charge is -2.17. The molecule has 0 saturated carbocycles. The molecular weight excluding hydrogens is 196 g/mol. The molecule has 1 aliphatic rings. The van der Waals surface area contributed by atoms with Gasteiger partial charge in [-0.25, -0.2) is 0 Å². The van der Waals surface area contributed by atoms with Crippen LogP contribution in [0.2, 0.25) is 0 Å². The molecule has 1 nitrogen and oxygen atoms in total. The average molecular weight is 216 g/mol. The maximum Gasteiger partial charge on any atom is 0.166 e. The van der Waals surface area contributed by atoms with Gasteiger partial charge < -0.3 is 0 Å². The van der Waals surface area contributed by atoms with Crippen molar-refractivity contribution in [2.24, 2.45) is 5.92 Å². The molecule has 1 aliphatic carbocycles. The maximum atomic E-state index is 12.3. The lowest BCUT2D eigenvalue weighted by molar-refractivity contribution is 0.0913. The molecule has 0 amide bonds. The summed E-state index contributed by atoms with van der Waals surface area (Å²) in [7, 11) is 0. The Kier molecular flexibility index (Phi) is 3.42. The first-order valence-electron chi connectivity index (χ1n) is 6.42. The molecule has 0 fully saturated rings. The number of rotatable bonds is 4. The zero-order chi connectivity index (χ0) is 11.5. The Morgan fingerprint density at radius 2 is 1.62 bits per heavy atom. The Labute approximate surface area is 97.9 Å². The second kappa shape index (κ2) is 4.82. The fourth-order valence-electron chi connectivity index (χ4n) is 2.95. The predicted molar refractivity (Wildman–Crippen MR) is 66.8 cm³/mol. The summed E-state index contributed by atoms with van der Waals surface area (Å²) in [5.41, 5.74) is 2.28. The van der Waals surface area contributed by atoms with Gasteiger partial charge in [-0.05, 0) is 24.3 Å². The molecule has 0 radical (unpaired) electrons. The normalized spacial score (nSPS) is 23.5. The summed E-state index contributed by atoms with van der Waals surface area (Å²) < 4.78 is 0. The van der Waals surface area contributed by atoms with Crippen molar-refractivity contribution in [3.8, 4) is 0 Å². The van der Waals surface area contributed by atoms with Gasteiger partial charge in [-0.3, -0.25) is 4.79 Å². The Morgan fingerprint density at radius 3 is 2.31 bits per heavy atom. The van der Waals surface area contributed by atoms with Crippen molar-refractivity contribution in [3.05, 3.63) is 35.4 Å². The highest BCUT2D eigenvalue weighted by atomic mass is 16.1. The van der Waals surface area contributed by atoms with Gasteiger partial charge in [0.2, 0.25) is 0 Å². The van der Waals surface area contributed by atoms with Crippen LogP contribution in [0.25, 0.3) is 0 Å². The molecule has 2 unspecified atom stereocenters. The molecule has 2 atom stereocenters. The molecule has 86 valence electrons. The molecule has 0 aromatic heterocycles. The third-order valence-electron chi connectivity index (χ3n) is 3.65. The predicted octanol–water partition coefficient (Wildman–Crippen LogP) is 4.18. The van der Waals surface area contributed by atoms with Crippen LogP contribution < -0.4 is 0 Å². The third-order valence-corrected chi connectivity index (χ3v) is 3.65. The fourth-order valence-corrected chi connectivity index (χ4v) is 2.95. The zero-order valence-corrected chi connectivity index (χ0v) is 10.2. The van der Waals surface area contributed by atoms with Gasteiger partial charge in [-0.1, -0.05) is 51.0 Å². The Morgan fingerprint density at radius 1 is 1.00 bits per heavy atom. The highest BCUT2D eigenvalue weighted by Gasteiger charge is 2.37. The van der Waals surface area contributed by atoms with Gasteiger partial charge >= 0.3 is 0 Å². The first-order valence-corrected chi connectivity index (χ1v) is 6.42. The van der Waals surface area contributed by atoms with Gasteiger partial charge in [-0.15, -0.1) is 0 Å². The smallest absolute Gasteiger partial charge is 0.166 e. The quantitative estimate of drug-likeness (QED) is 0.737.